The molecule has 6 nitrogen and oxygen atoms in total. The summed E-state index contributed by atoms with van der Waals surface area (Å²) in [6.45, 7) is 4.61. The number of likely N-dealkylation sites (tertiary alicyclic amines) is 1. The molecule has 0 bridgehead atoms. The standard InChI is InChI=1S/C27H28Cl2N2O4.ClH/c1-2-20-14-30-27(34-20)26-13-21-24(4-3-5-25(21)35-26)33-16-19(32)15-31-10-8-17(9-11-31)18-6-7-22(28)23(29)12-18;/h3-7,12-14,17,19,32H,2,8-11,15-16H2,1H3;1H/t19-;/m0./s1. The van der Waals surface area contributed by atoms with Gasteiger partial charge in [0.05, 0.1) is 21.6 Å². The molecule has 2 aromatic carbocycles. The van der Waals surface area contributed by atoms with E-state index >= 15 is 0 Å². The van der Waals surface area contributed by atoms with E-state index in [1.165, 1.54) is 5.56 Å². The Balaban J connectivity index is 0.00000304. The van der Waals surface area contributed by atoms with E-state index in [9.17, 15) is 5.11 Å². The number of aliphatic hydroxyl groups is 1. The largest absolute Gasteiger partial charge is 0.490 e. The Morgan fingerprint density at radius 3 is 2.64 bits per heavy atom. The lowest BCUT2D eigenvalue weighted by molar-refractivity contribution is 0.0599. The average molecular weight is 552 g/mol. The molecule has 0 spiro atoms. The molecule has 0 radical (unpaired) electrons. The smallest absolute Gasteiger partial charge is 0.263 e. The van der Waals surface area contributed by atoms with Crippen LogP contribution in [0.5, 0.6) is 5.75 Å². The van der Waals surface area contributed by atoms with Crippen molar-refractivity contribution < 1.29 is 18.7 Å². The van der Waals surface area contributed by atoms with Crippen molar-refractivity contribution in [2.45, 2.75) is 38.2 Å². The number of fused-ring (bicyclic) bond motifs is 1. The van der Waals surface area contributed by atoms with Crippen molar-refractivity contribution >= 4 is 46.6 Å². The summed E-state index contributed by atoms with van der Waals surface area (Å²) in [4.78, 5) is 6.58. The average Bonchev–Trinajstić information content (AvgIpc) is 3.52. The molecule has 1 N–H and O–H groups in total. The zero-order valence-electron chi connectivity index (χ0n) is 20.0. The van der Waals surface area contributed by atoms with Crippen molar-refractivity contribution in [3.05, 3.63) is 70.0 Å². The van der Waals surface area contributed by atoms with Gasteiger partial charge in [-0.2, -0.15) is 0 Å². The lowest BCUT2D eigenvalue weighted by Gasteiger charge is -2.33. The van der Waals surface area contributed by atoms with Gasteiger partial charge in [-0.15, -0.1) is 12.4 Å². The molecule has 0 saturated carbocycles. The van der Waals surface area contributed by atoms with E-state index in [4.69, 9.17) is 36.8 Å². The molecule has 0 aliphatic carbocycles. The molecule has 4 aromatic rings. The predicted molar refractivity (Wildman–Crippen MR) is 145 cm³/mol. The Morgan fingerprint density at radius 2 is 1.92 bits per heavy atom. The van der Waals surface area contributed by atoms with E-state index in [1.54, 1.807) is 6.20 Å². The fourth-order valence-corrected chi connectivity index (χ4v) is 4.91. The molecule has 1 aliphatic heterocycles. The number of hydrogen-bond acceptors (Lipinski definition) is 6. The molecular weight excluding hydrogens is 523 g/mol. The van der Waals surface area contributed by atoms with Crippen molar-refractivity contribution in [1.82, 2.24) is 9.88 Å². The van der Waals surface area contributed by atoms with Crippen LogP contribution in [0.25, 0.3) is 22.6 Å². The minimum absolute atomic E-state index is 0. The Labute approximate surface area is 226 Å². The van der Waals surface area contributed by atoms with Gasteiger partial charge in [0.15, 0.2) is 5.76 Å². The van der Waals surface area contributed by atoms with E-state index < -0.39 is 6.10 Å². The van der Waals surface area contributed by atoms with Crippen LogP contribution in [-0.2, 0) is 6.42 Å². The summed E-state index contributed by atoms with van der Waals surface area (Å²) in [5, 5.41) is 12.7. The first kappa shape index (κ1) is 26.8. The van der Waals surface area contributed by atoms with Crippen LogP contribution in [0, 0.1) is 0 Å². The summed E-state index contributed by atoms with van der Waals surface area (Å²) in [6.07, 6.45) is 3.92. The molecule has 2 aromatic heterocycles. The highest BCUT2D eigenvalue weighted by atomic mass is 35.5. The zero-order valence-corrected chi connectivity index (χ0v) is 22.3. The summed E-state index contributed by atoms with van der Waals surface area (Å²) in [5.41, 5.74) is 1.92. The van der Waals surface area contributed by atoms with Gasteiger partial charge in [-0.1, -0.05) is 42.3 Å². The van der Waals surface area contributed by atoms with Crippen molar-refractivity contribution in [3.63, 3.8) is 0 Å². The number of oxazole rings is 1. The number of aromatic nitrogens is 1. The number of aryl methyl sites for hydroxylation is 1. The maximum absolute atomic E-state index is 10.7. The van der Waals surface area contributed by atoms with Gasteiger partial charge in [-0.05, 0) is 61.7 Å². The molecule has 1 saturated heterocycles. The van der Waals surface area contributed by atoms with E-state index in [0.717, 1.165) is 43.5 Å². The van der Waals surface area contributed by atoms with E-state index in [0.29, 0.717) is 45.5 Å². The minimum atomic E-state index is -0.600. The lowest BCUT2D eigenvalue weighted by atomic mass is 9.89. The maximum atomic E-state index is 10.7. The SMILES string of the molecule is CCc1cnc(-c2cc3c(OC[C@@H](O)CN4CCC(c5ccc(Cl)c(Cl)c5)CC4)cccc3o2)o1.Cl. The van der Waals surface area contributed by atoms with E-state index in [2.05, 4.69) is 16.0 Å². The number of hydrogen-bond donors (Lipinski definition) is 1. The topological polar surface area (TPSA) is 71.9 Å². The number of benzene rings is 2. The number of nitrogens with zero attached hydrogens (tertiary/aromatic N) is 2. The number of piperidine rings is 1. The maximum Gasteiger partial charge on any atom is 0.263 e. The van der Waals surface area contributed by atoms with Gasteiger partial charge < -0.3 is 23.6 Å². The third kappa shape index (κ3) is 6.01. The highest BCUT2D eigenvalue weighted by Gasteiger charge is 2.23. The highest BCUT2D eigenvalue weighted by Crippen LogP contribution is 2.34. The number of halogens is 3. The van der Waals surface area contributed by atoms with Crippen LogP contribution >= 0.6 is 35.6 Å². The van der Waals surface area contributed by atoms with Crippen molar-refractivity contribution in [3.8, 4) is 17.4 Å². The Bertz CT molecular complexity index is 1300. The van der Waals surface area contributed by atoms with Gasteiger partial charge in [-0.3, -0.25) is 0 Å². The lowest BCUT2D eigenvalue weighted by Crippen LogP contribution is -2.40. The molecule has 5 rings (SSSR count). The van der Waals surface area contributed by atoms with Crippen LogP contribution < -0.4 is 4.74 Å². The number of aliphatic hydroxyl groups excluding tert-OH is 1. The molecular formula is C27H29Cl3N2O4. The zero-order chi connectivity index (χ0) is 24.4. The number of rotatable bonds is 8. The van der Waals surface area contributed by atoms with Crippen LogP contribution in [0.1, 0.15) is 37.0 Å². The Kier molecular flexibility index (Phi) is 8.86. The van der Waals surface area contributed by atoms with Crippen LogP contribution in [0.4, 0.5) is 0 Å². The highest BCUT2D eigenvalue weighted by molar-refractivity contribution is 6.42. The molecule has 0 amide bonds. The first-order valence-corrected chi connectivity index (χ1v) is 12.7. The summed E-state index contributed by atoms with van der Waals surface area (Å²) >= 11 is 12.2. The molecule has 3 heterocycles. The van der Waals surface area contributed by atoms with Crippen LogP contribution in [0.2, 0.25) is 10.0 Å². The Hall–Kier alpha value is -2.22. The first-order valence-electron chi connectivity index (χ1n) is 12.0. The molecule has 0 unspecified atom stereocenters. The quantitative estimate of drug-likeness (QED) is 0.254. The summed E-state index contributed by atoms with van der Waals surface area (Å²) in [7, 11) is 0. The molecule has 1 aliphatic rings. The van der Waals surface area contributed by atoms with Crippen molar-refractivity contribution in [2.75, 3.05) is 26.2 Å². The second-order valence-electron chi connectivity index (χ2n) is 8.98. The fourth-order valence-electron chi connectivity index (χ4n) is 4.60. The first-order chi connectivity index (χ1) is 17.0. The van der Waals surface area contributed by atoms with Gasteiger partial charge in [-0.25, -0.2) is 4.98 Å². The summed E-state index contributed by atoms with van der Waals surface area (Å²) < 4.78 is 17.6. The summed E-state index contributed by atoms with van der Waals surface area (Å²) in [6, 6.07) is 13.4. The summed E-state index contributed by atoms with van der Waals surface area (Å²) in [5.74, 6) is 2.94. The number of β-amino-alcohol motifs (C(OH)–C–C–N with tert-alkyl or cyclic N) is 1. The fraction of sp³-hybridized carbons (Fsp3) is 0.370. The molecule has 9 heteroatoms. The van der Waals surface area contributed by atoms with Crippen molar-refractivity contribution in [2.24, 2.45) is 0 Å². The number of furan rings is 1. The third-order valence-corrected chi connectivity index (χ3v) is 7.28. The van der Waals surface area contributed by atoms with Crippen LogP contribution in [0.15, 0.2) is 57.5 Å². The van der Waals surface area contributed by atoms with Crippen LogP contribution in [-0.4, -0.2) is 47.3 Å². The van der Waals surface area contributed by atoms with Gasteiger partial charge in [0, 0.05) is 19.0 Å². The third-order valence-electron chi connectivity index (χ3n) is 6.54. The van der Waals surface area contributed by atoms with Gasteiger partial charge in [0.2, 0.25) is 0 Å². The molecule has 1 fully saturated rings. The predicted octanol–water partition coefficient (Wildman–Crippen LogP) is 7.00. The van der Waals surface area contributed by atoms with Gasteiger partial charge >= 0.3 is 0 Å². The van der Waals surface area contributed by atoms with E-state index in [1.807, 2.05) is 43.3 Å². The Morgan fingerprint density at radius 1 is 1.11 bits per heavy atom. The second kappa shape index (κ2) is 11.9. The van der Waals surface area contributed by atoms with Gasteiger partial charge in [0.25, 0.3) is 5.89 Å². The molecule has 1 atom stereocenters. The van der Waals surface area contributed by atoms with Gasteiger partial charge in [0.1, 0.15) is 29.8 Å². The second-order valence-corrected chi connectivity index (χ2v) is 9.79. The minimum Gasteiger partial charge on any atom is -0.490 e. The number of ether oxygens (including phenoxy) is 1. The monoisotopic (exact) mass is 550 g/mol. The van der Waals surface area contributed by atoms with Crippen LogP contribution in [0.3, 0.4) is 0 Å². The van der Waals surface area contributed by atoms with E-state index in [-0.39, 0.29) is 19.0 Å². The normalized spacial score (nSPS) is 15.7. The molecule has 192 valence electrons. The molecule has 36 heavy (non-hydrogen) atoms. The van der Waals surface area contributed by atoms with Crippen molar-refractivity contribution in [1.29, 1.82) is 0 Å².